The van der Waals surface area contributed by atoms with Crippen molar-refractivity contribution in [2.75, 3.05) is 30.9 Å². The van der Waals surface area contributed by atoms with E-state index in [1.54, 1.807) is 17.4 Å². The van der Waals surface area contributed by atoms with Crippen molar-refractivity contribution in [1.82, 2.24) is 24.5 Å². The van der Waals surface area contributed by atoms with Crippen LogP contribution >= 0.6 is 11.6 Å². The standard InChI is InChI=1S/C11H16ClN7/c1-18(2)11-16-9(12)15-10(17-11)14-4-3-6-19-7-5-13-8-19/h5,7-8H,3-4,6H2,1-2H3,(H,14,15,16,17). The molecule has 0 aliphatic rings. The Balaban J connectivity index is 1.85. The summed E-state index contributed by atoms with van der Waals surface area (Å²) < 4.78 is 2.02. The van der Waals surface area contributed by atoms with Gasteiger partial charge >= 0.3 is 0 Å². The zero-order valence-electron chi connectivity index (χ0n) is 10.9. The smallest absolute Gasteiger partial charge is 0.230 e. The minimum Gasteiger partial charge on any atom is -0.354 e. The molecule has 0 saturated carbocycles. The van der Waals surface area contributed by atoms with Crippen molar-refractivity contribution in [3.05, 3.63) is 24.0 Å². The van der Waals surface area contributed by atoms with Crippen molar-refractivity contribution < 1.29 is 0 Å². The molecule has 2 rings (SSSR count). The molecule has 2 aromatic heterocycles. The first kappa shape index (κ1) is 13.5. The number of nitrogens with zero attached hydrogens (tertiary/aromatic N) is 6. The van der Waals surface area contributed by atoms with Gasteiger partial charge in [-0.3, -0.25) is 0 Å². The van der Waals surface area contributed by atoms with Crippen LogP contribution in [0.1, 0.15) is 6.42 Å². The third-order valence-corrected chi connectivity index (χ3v) is 2.60. The topological polar surface area (TPSA) is 71.8 Å². The minimum absolute atomic E-state index is 0.191. The molecule has 0 fully saturated rings. The molecule has 0 atom stereocenters. The molecular formula is C11H16ClN7. The summed E-state index contributed by atoms with van der Waals surface area (Å²) in [5.41, 5.74) is 0. The Bertz CT molecular complexity index is 512. The summed E-state index contributed by atoms with van der Waals surface area (Å²) >= 11 is 5.85. The fourth-order valence-electron chi connectivity index (χ4n) is 1.50. The van der Waals surface area contributed by atoms with E-state index in [4.69, 9.17) is 11.6 Å². The SMILES string of the molecule is CN(C)c1nc(Cl)nc(NCCCn2ccnc2)n1. The van der Waals surface area contributed by atoms with Gasteiger partial charge in [0.15, 0.2) is 0 Å². The second-order valence-electron chi connectivity index (χ2n) is 4.20. The average Bonchev–Trinajstić information content (AvgIpc) is 2.87. The zero-order valence-corrected chi connectivity index (χ0v) is 11.7. The van der Waals surface area contributed by atoms with Crippen molar-refractivity contribution >= 4 is 23.5 Å². The molecule has 0 amide bonds. The lowest BCUT2D eigenvalue weighted by Gasteiger charge is -2.11. The van der Waals surface area contributed by atoms with Gasteiger partial charge in [0.2, 0.25) is 17.2 Å². The molecule has 0 unspecified atom stereocenters. The third kappa shape index (κ3) is 4.06. The zero-order chi connectivity index (χ0) is 13.7. The minimum atomic E-state index is 0.191. The Morgan fingerprint density at radius 2 is 2.16 bits per heavy atom. The first-order valence-electron chi connectivity index (χ1n) is 5.93. The van der Waals surface area contributed by atoms with Gasteiger partial charge in [0.05, 0.1) is 6.33 Å². The van der Waals surface area contributed by atoms with E-state index in [9.17, 15) is 0 Å². The van der Waals surface area contributed by atoms with Crippen molar-refractivity contribution in [3.8, 4) is 0 Å². The fourth-order valence-corrected chi connectivity index (χ4v) is 1.66. The van der Waals surface area contributed by atoms with Crippen LogP contribution in [0.4, 0.5) is 11.9 Å². The van der Waals surface area contributed by atoms with Gasteiger partial charge in [-0.25, -0.2) is 4.98 Å². The molecule has 0 aliphatic heterocycles. The Hall–Kier alpha value is -1.89. The summed E-state index contributed by atoms with van der Waals surface area (Å²) in [6.07, 6.45) is 6.44. The molecule has 0 radical (unpaired) electrons. The number of rotatable bonds is 6. The van der Waals surface area contributed by atoms with Gasteiger partial charge in [-0.2, -0.15) is 15.0 Å². The van der Waals surface area contributed by atoms with Crippen LogP contribution in [0.5, 0.6) is 0 Å². The quantitative estimate of drug-likeness (QED) is 0.805. The van der Waals surface area contributed by atoms with Crippen LogP contribution in [0, 0.1) is 0 Å². The highest BCUT2D eigenvalue weighted by molar-refractivity contribution is 6.28. The Kier molecular flexibility index (Phi) is 4.51. The summed E-state index contributed by atoms with van der Waals surface area (Å²) in [7, 11) is 3.71. The lowest BCUT2D eigenvalue weighted by Crippen LogP contribution is -2.16. The fraction of sp³-hybridized carbons (Fsp3) is 0.455. The molecule has 19 heavy (non-hydrogen) atoms. The number of hydrogen-bond acceptors (Lipinski definition) is 6. The van der Waals surface area contributed by atoms with Crippen LogP contribution < -0.4 is 10.2 Å². The van der Waals surface area contributed by atoms with E-state index in [2.05, 4.69) is 25.3 Å². The number of nitrogens with one attached hydrogen (secondary N) is 1. The summed E-state index contributed by atoms with van der Waals surface area (Å²) in [5.74, 6) is 1.03. The van der Waals surface area contributed by atoms with Crippen LogP contribution in [0.3, 0.4) is 0 Å². The number of halogens is 1. The summed E-state index contributed by atoms with van der Waals surface area (Å²) in [5, 5.41) is 3.33. The van der Waals surface area contributed by atoms with Crippen LogP contribution in [0.25, 0.3) is 0 Å². The number of aromatic nitrogens is 5. The molecule has 0 saturated heterocycles. The van der Waals surface area contributed by atoms with Gasteiger partial charge in [-0.1, -0.05) is 0 Å². The maximum absolute atomic E-state index is 5.85. The van der Waals surface area contributed by atoms with Gasteiger partial charge in [0.1, 0.15) is 0 Å². The summed E-state index contributed by atoms with van der Waals surface area (Å²) in [4.78, 5) is 18.1. The van der Waals surface area contributed by atoms with E-state index in [1.807, 2.05) is 24.9 Å². The van der Waals surface area contributed by atoms with E-state index >= 15 is 0 Å². The molecule has 0 bridgehead atoms. The van der Waals surface area contributed by atoms with Crippen LogP contribution in [-0.2, 0) is 6.54 Å². The van der Waals surface area contributed by atoms with Crippen LogP contribution in [0.2, 0.25) is 5.28 Å². The molecule has 0 aromatic carbocycles. The molecule has 7 nitrogen and oxygen atoms in total. The molecule has 0 spiro atoms. The molecule has 1 N–H and O–H groups in total. The van der Waals surface area contributed by atoms with E-state index in [1.165, 1.54) is 0 Å². The molecule has 102 valence electrons. The first-order chi connectivity index (χ1) is 9.15. The predicted molar refractivity (Wildman–Crippen MR) is 74.5 cm³/mol. The highest BCUT2D eigenvalue weighted by Gasteiger charge is 2.05. The Labute approximate surface area is 116 Å². The van der Waals surface area contributed by atoms with Gasteiger partial charge in [0.25, 0.3) is 0 Å². The van der Waals surface area contributed by atoms with E-state index < -0.39 is 0 Å². The van der Waals surface area contributed by atoms with E-state index in [-0.39, 0.29) is 5.28 Å². The molecule has 2 aromatic rings. The first-order valence-corrected chi connectivity index (χ1v) is 6.31. The second-order valence-corrected chi connectivity index (χ2v) is 4.54. The van der Waals surface area contributed by atoms with Crippen LogP contribution in [0.15, 0.2) is 18.7 Å². The van der Waals surface area contributed by atoms with Gasteiger partial charge in [0, 0.05) is 39.6 Å². The lowest BCUT2D eigenvalue weighted by atomic mass is 10.4. The Morgan fingerprint density at radius 1 is 1.32 bits per heavy atom. The largest absolute Gasteiger partial charge is 0.354 e. The highest BCUT2D eigenvalue weighted by atomic mass is 35.5. The number of aryl methyl sites for hydroxylation is 1. The lowest BCUT2D eigenvalue weighted by molar-refractivity contribution is 0.659. The van der Waals surface area contributed by atoms with Gasteiger partial charge in [-0.05, 0) is 18.0 Å². The van der Waals surface area contributed by atoms with E-state index in [0.29, 0.717) is 11.9 Å². The summed E-state index contributed by atoms with van der Waals surface area (Å²) in [6.45, 7) is 1.65. The van der Waals surface area contributed by atoms with Crippen molar-refractivity contribution in [3.63, 3.8) is 0 Å². The van der Waals surface area contributed by atoms with Gasteiger partial charge < -0.3 is 14.8 Å². The molecule has 2 heterocycles. The third-order valence-electron chi connectivity index (χ3n) is 2.43. The van der Waals surface area contributed by atoms with Crippen molar-refractivity contribution in [2.45, 2.75) is 13.0 Å². The average molecular weight is 282 g/mol. The monoisotopic (exact) mass is 281 g/mol. The van der Waals surface area contributed by atoms with Crippen molar-refractivity contribution in [1.29, 1.82) is 0 Å². The van der Waals surface area contributed by atoms with Gasteiger partial charge in [-0.15, -0.1) is 0 Å². The maximum atomic E-state index is 5.85. The van der Waals surface area contributed by atoms with E-state index in [0.717, 1.165) is 19.5 Å². The number of anilines is 2. The highest BCUT2D eigenvalue weighted by Crippen LogP contribution is 2.11. The number of imidazole rings is 1. The summed E-state index contributed by atoms with van der Waals surface area (Å²) in [6, 6.07) is 0. The molecule has 8 heteroatoms. The molecule has 0 aliphatic carbocycles. The Morgan fingerprint density at radius 3 is 2.84 bits per heavy atom. The van der Waals surface area contributed by atoms with Crippen LogP contribution in [-0.4, -0.2) is 45.1 Å². The second kappa shape index (κ2) is 6.33. The van der Waals surface area contributed by atoms with Crippen molar-refractivity contribution in [2.24, 2.45) is 0 Å². The normalized spacial score (nSPS) is 10.5. The predicted octanol–water partition coefficient (Wildman–Crippen LogP) is 1.29. The molecular weight excluding hydrogens is 266 g/mol. The number of hydrogen-bond donors (Lipinski definition) is 1. The maximum Gasteiger partial charge on any atom is 0.230 e.